The van der Waals surface area contributed by atoms with E-state index in [1.807, 2.05) is 32.0 Å². The second-order valence-corrected chi connectivity index (χ2v) is 6.87. The normalized spacial score (nSPS) is 10.7. The van der Waals surface area contributed by atoms with E-state index in [0.29, 0.717) is 33.9 Å². The predicted molar refractivity (Wildman–Crippen MR) is 100 cm³/mol. The van der Waals surface area contributed by atoms with Gasteiger partial charge in [0.2, 0.25) is 5.88 Å². The highest BCUT2D eigenvalue weighted by Crippen LogP contribution is 2.32. The molecule has 2 aromatic carbocycles. The Kier molecular flexibility index (Phi) is 5.91. The van der Waals surface area contributed by atoms with Crippen LogP contribution in [0.4, 0.5) is 8.78 Å². The number of aromatic nitrogens is 2. The Balaban J connectivity index is 1.77. The van der Waals surface area contributed by atoms with Crippen molar-refractivity contribution in [2.45, 2.75) is 24.8 Å². The van der Waals surface area contributed by atoms with Gasteiger partial charge in [-0.05, 0) is 49.2 Å². The molecule has 140 valence electrons. The lowest BCUT2D eigenvalue weighted by Gasteiger charge is -2.11. The van der Waals surface area contributed by atoms with Crippen LogP contribution in [0.2, 0.25) is 0 Å². The van der Waals surface area contributed by atoms with Gasteiger partial charge in [0.15, 0.2) is 28.3 Å². The van der Waals surface area contributed by atoms with Gasteiger partial charge in [-0.1, -0.05) is 23.9 Å². The summed E-state index contributed by atoms with van der Waals surface area (Å²) in [4.78, 5) is 8.75. The van der Waals surface area contributed by atoms with E-state index in [-0.39, 0.29) is 0 Å². The van der Waals surface area contributed by atoms with Crippen molar-refractivity contribution < 1.29 is 18.3 Å². The SMILES string of the molecule is COc1cc(C)ccc1Oc1cc(C)nc(SCc2ccc(F)c(F)c2)n1. The van der Waals surface area contributed by atoms with Gasteiger partial charge in [0.25, 0.3) is 0 Å². The molecular weight excluding hydrogens is 370 g/mol. The number of ether oxygens (including phenoxy) is 2. The molecule has 0 fully saturated rings. The minimum atomic E-state index is -0.867. The average Bonchev–Trinajstić information content (AvgIpc) is 2.64. The van der Waals surface area contributed by atoms with E-state index in [1.165, 1.54) is 23.9 Å². The standard InChI is InChI=1S/C20H18F2N2O2S/c1-12-4-7-17(18(8-12)25-3)26-19-9-13(2)23-20(24-19)27-11-14-5-6-15(21)16(22)10-14/h4-10H,11H2,1-3H3. The minimum Gasteiger partial charge on any atom is -0.493 e. The number of aryl methyl sites for hydroxylation is 2. The van der Waals surface area contributed by atoms with Crippen molar-refractivity contribution in [1.82, 2.24) is 9.97 Å². The first-order chi connectivity index (χ1) is 12.9. The van der Waals surface area contributed by atoms with Crippen molar-refractivity contribution in [2.75, 3.05) is 7.11 Å². The van der Waals surface area contributed by atoms with Gasteiger partial charge < -0.3 is 9.47 Å². The first-order valence-corrected chi connectivity index (χ1v) is 9.18. The number of benzene rings is 2. The van der Waals surface area contributed by atoms with E-state index in [1.54, 1.807) is 13.2 Å². The number of hydrogen-bond donors (Lipinski definition) is 0. The minimum absolute atomic E-state index is 0.387. The second kappa shape index (κ2) is 8.35. The molecule has 1 heterocycles. The van der Waals surface area contributed by atoms with Gasteiger partial charge >= 0.3 is 0 Å². The number of methoxy groups -OCH3 is 1. The molecule has 0 saturated heterocycles. The van der Waals surface area contributed by atoms with E-state index in [0.717, 1.165) is 17.3 Å². The van der Waals surface area contributed by atoms with Crippen molar-refractivity contribution in [2.24, 2.45) is 0 Å². The maximum absolute atomic E-state index is 13.3. The number of thioether (sulfide) groups is 1. The zero-order valence-corrected chi connectivity index (χ0v) is 15.9. The average molecular weight is 388 g/mol. The summed E-state index contributed by atoms with van der Waals surface area (Å²) in [5.74, 6) is 0.234. The Morgan fingerprint density at radius 2 is 1.74 bits per heavy atom. The largest absolute Gasteiger partial charge is 0.493 e. The predicted octanol–water partition coefficient (Wildman–Crippen LogP) is 5.46. The molecule has 0 spiro atoms. The summed E-state index contributed by atoms with van der Waals surface area (Å²) in [5, 5.41) is 0.487. The van der Waals surface area contributed by atoms with Crippen molar-refractivity contribution in [3.63, 3.8) is 0 Å². The fraction of sp³-hybridized carbons (Fsp3) is 0.200. The molecule has 3 aromatic rings. The van der Waals surface area contributed by atoms with Crippen molar-refractivity contribution in [1.29, 1.82) is 0 Å². The number of nitrogens with zero attached hydrogens (tertiary/aromatic N) is 2. The van der Waals surface area contributed by atoms with Gasteiger partial charge in [-0.15, -0.1) is 0 Å². The van der Waals surface area contributed by atoms with Crippen LogP contribution >= 0.6 is 11.8 Å². The molecule has 0 aliphatic carbocycles. The maximum atomic E-state index is 13.3. The molecule has 0 bridgehead atoms. The molecule has 0 radical (unpaired) electrons. The van der Waals surface area contributed by atoms with Gasteiger partial charge in [0, 0.05) is 17.5 Å². The summed E-state index contributed by atoms with van der Waals surface area (Å²) in [5.41, 5.74) is 2.44. The van der Waals surface area contributed by atoms with Crippen LogP contribution in [-0.4, -0.2) is 17.1 Å². The Hall–Kier alpha value is -2.67. The summed E-state index contributed by atoms with van der Waals surface area (Å²) in [6.45, 7) is 3.80. The second-order valence-electron chi connectivity index (χ2n) is 5.92. The van der Waals surface area contributed by atoms with Crippen LogP contribution in [-0.2, 0) is 5.75 Å². The third-order valence-electron chi connectivity index (χ3n) is 3.70. The molecule has 0 amide bonds. The fourth-order valence-electron chi connectivity index (χ4n) is 2.38. The molecular formula is C20H18F2N2O2S. The molecule has 0 aliphatic rings. The smallest absolute Gasteiger partial charge is 0.223 e. The van der Waals surface area contributed by atoms with Gasteiger partial charge in [-0.2, -0.15) is 4.98 Å². The first-order valence-electron chi connectivity index (χ1n) is 8.19. The number of halogens is 2. The van der Waals surface area contributed by atoms with E-state index in [2.05, 4.69) is 9.97 Å². The summed E-state index contributed by atoms with van der Waals surface area (Å²) in [6.07, 6.45) is 0. The van der Waals surface area contributed by atoms with Gasteiger partial charge in [-0.3, -0.25) is 0 Å². The van der Waals surface area contributed by atoms with Crippen molar-refractivity contribution in [3.05, 3.63) is 70.9 Å². The lowest BCUT2D eigenvalue weighted by atomic mass is 10.2. The van der Waals surface area contributed by atoms with Crippen LogP contribution in [0.15, 0.2) is 47.6 Å². The third-order valence-corrected chi connectivity index (χ3v) is 4.61. The van der Waals surface area contributed by atoms with Gasteiger partial charge in [0.05, 0.1) is 7.11 Å². The van der Waals surface area contributed by atoms with Crippen LogP contribution in [0.5, 0.6) is 17.4 Å². The molecule has 0 atom stereocenters. The molecule has 4 nitrogen and oxygen atoms in total. The van der Waals surface area contributed by atoms with E-state index in [9.17, 15) is 8.78 Å². The lowest BCUT2D eigenvalue weighted by molar-refractivity contribution is 0.372. The van der Waals surface area contributed by atoms with Crippen LogP contribution in [0.3, 0.4) is 0 Å². The third kappa shape index (κ3) is 4.95. The highest BCUT2D eigenvalue weighted by Gasteiger charge is 2.10. The number of hydrogen-bond acceptors (Lipinski definition) is 5. The quantitative estimate of drug-likeness (QED) is 0.414. The Labute approximate surface area is 160 Å². The highest BCUT2D eigenvalue weighted by atomic mass is 32.2. The van der Waals surface area contributed by atoms with Crippen LogP contribution in [0.1, 0.15) is 16.8 Å². The van der Waals surface area contributed by atoms with Crippen LogP contribution < -0.4 is 9.47 Å². The first kappa shape index (κ1) is 19.1. The zero-order valence-electron chi connectivity index (χ0n) is 15.1. The summed E-state index contributed by atoms with van der Waals surface area (Å²) in [6, 6.07) is 11.2. The summed E-state index contributed by atoms with van der Waals surface area (Å²) in [7, 11) is 1.58. The molecule has 0 saturated carbocycles. The Morgan fingerprint density at radius 3 is 2.48 bits per heavy atom. The number of rotatable bonds is 6. The Bertz CT molecular complexity index is 967. The van der Waals surface area contributed by atoms with E-state index >= 15 is 0 Å². The van der Waals surface area contributed by atoms with Gasteiger partial charge in [0.1, 0.15) is 0 Å². The fourth-order valence-corrected chi connectivity index (χ4v) is 3.22. The Morgan fingerprint density at radius 1 is 0.926 bits per heavy atom. The van der Waals surface area contributed by atoms with Crippen molar-refractivity contribution in [3.8, 4) is 17.4 Å². The molecule has 0 unspecified atom stereocenters. The molecule has 1 aromatic heterocycles. The molecule has 0 aliphatic heterocycles. The monoisotopic (exact) mass is 388 g/mol. The summed E-state index contributed by atoms with van der Waals surface area (Å²) >= 11 is 1.32. The molecule has 0 N–H and O–H groups in total. The molecule has 27 heavy (non-hydrogen) atoms. The van der Waals surface area contributed by atoms with Crippen molar-refractivity contribution >= 4 is 11.8 Å². The summed E-state index contributed by atoms with van der Waals surface area (Å²) < 4.78 is 37.6. The van der Waals surface area contributed by atoms with Crippen LogP contribution in [0.25, 0.3) is 0 Å². The van der Waals surface area contributed by atoms with Gasteiger partial charge in [-0.25, -0.2) is 13.8 Å². The maximum Gasteiger partial charge on any atom is 0.223 e. The van der Waals surface area contributed by atoms with E-state index in [4.69, 9.17) is 9.47 Å². The molecule has 7 heteroatoms. The highest BCUT2D eigenvalue weighted by molar-refractivity contribution is 7.98. The molecule has 3 rings (SSSR count). The lowest BCUT2D eigenvalue weighted by Crippen LogP contribution is -1.97. The van der Waals surface area contributed by atoms with Crippen LogP contribution in [0, 0.1) is 25.5 Å². The van der Waals surface area contributed by atoms with E-state index < -0.39 is 11.6 Å². The topological polar surface area (TPSA) is 44.2 Å². The zero-order chi connectivity index (χ0) is 19.4.